The Labute approximate surface area is 306 Å². The van der Waals surface area contributed by atoms with Crippen LogP contribution in [0.2, 0.25) is 0 Å². The molecule has 2 aliphatic heterocycles. The molecule has 5 fully saturated rings. The van der Waals surface area contributed by atoms with Crippen LogP contribution in [0.4, 0.5) is 4.79 Å². The number of amides is 3. The van der Waals surface area contributed by atoms with Gasteiger partial charge < -0.3 is 23.8 Å². The zero-order valence-corrected chi connectivity index (χ0v) is 31.5. The van der Waals surface area contributed by atoms with Crippen molar-refractivity contribution < 1.29 is 32.3 Å². The normalized spacial score (nSPS) is 25.1. The minimum absolute atomic E-state index is 0.0753. The fourth-order valence-electron chi connectivity index (χ4n) is 9.98. The number of aromatic nitrogens is 1. The number of carbonyl (C=O) groups excluding carboxylic acids is 3. The number of carbonyl (C=O) groups is 3. The highest BCUT2D eigenvalue weighted by molar-refractivity contribution is 7.90. The van der Waals surface area contributed by atoms with E-state index in [2.05, 4.69) is 26.3 Å². The van der Waals surface area contributed by atoms with Gasteiger partial charge in [0.1, 0.15) is 5.75 Å². The second-order valence-corrected chi connectivity index (χ2v) is 18.7. The summed E-state index contributed by atoms with van der Waals surface area (Å²) >= 11 is 0. The number of fused-ring (bicyclic) bond motifs is 1. The van der Waals surface area contributed by atoms with Gasteiger partial charge in [0.05, 0.1) is 30.6 Å². The maximum absolute atomic E-state index is 14.8. The Kier molecular flexibility index (Phi) is 8.43. The molecule has 1 aromatic heterocycles. The van der Waals surface area contributed by atoms with Crippen molar-refractivity contribution in [2.45, 2.75) is 89.3 Å². The van der Waals surface area contributed by atoms with Gasteiger partial charge in [0.25, 0.3) is 5.91 Å². The first-order chi connectivity index (χ1) is 24.8. The molecule has 2 aromatic carbocycles. The molecule has 0 radical (unpaired) electrons. The van der Waals surface area contributed by atoms with Crippen LogP contribution in [0.25, 0.3) is 22.2 Å². The molecule has 5 aliphatic rings. The van der Waals surface area contributed by atoms with Crippen LogP contribution >= 0.6 is 0 Å². The molecule has 3 amide bonds. The van der Waals surface area contributed by atoms with Gasteiger partial charge in [-0.05, 0) is 106 Å². The molecular formula is C40H50N4O7S. The van der Waals surface area contributed by atoms with E-state index in [4.69, 9.17) is 9.47 Å². The third-order valence-electron chi connectivity index (χ3n) is 13.3. The van der Waals surface area contributed by atoms with Gasteiger partial charge in [0, 0.05) is 60.0 Å². The fraction of sp³-hybridized carbons (Fsp3) is 0.575. The quantitative estimate of drug-likeness (QED) is 0.274. The average molecular weight is 731 g/mol. The van der Waals surface area contributed by atoms with Crippen LogP contribution in [0.1, 0.15) is 93.5 Å². The van der Waals surface area contributed by atoms with Crippen LogP contribution in [-0.4, -0.2) is 86.3 Å². The Morgan fingerprint density at radius 1 is 0.865 bits per heavy atom. The highest BCUT2D eigenvalue weighted by atomic mass is 32.2. The molecule has 2 atom stereocenters. The topological polar surface area (TPSA) is 127 Å². The first-order valence-corrected chi connectivity index (χ1v) is 20.4. The van der Waals surface area contributed by atoms with Crippen molar-refractivity contribution in [2.75, 3.05) is 40.4 Å². The minimum atomic E-state index is -3.84. The minimum Gasteiger partial charge on any atom is -0.497 e. The summed E-state index contributed by atoms with van der Waals surface area (Å²) in [5, 5.41) is 0.283. The highest BCUT2D eigenvalue weighted by Crippen LogP contribution is 2.66. The van der Waals surface area contributed by atoms with Crippen LogP contribution in [0.15, 0.2) is 42.5 Å². The number of likely N-dealkylation sites (tertiary alicyclic amines) is 2. The Morgan fingerprint density at radius 2 is 1.50 bits per heavy atom. The molecule has 2 unspecified atom stereocenters. The zero-order valence-electron chi connectivity index (χ0n) is 30.7. The van der Waals surface area contributed by atoms with E-state index in [1.54, 1.807) is 27.0 Å². The van der Waals surface area contributed by atoms with Crippen molar-refractivity contribution >= 4 is 38.8 Å². The molecule has 2 saturated heterocycles. The number of rotatable bonds is 9. The molecule has 3 heterocycles. The van der Waals surface area contributed by atoms with Crippen LogP contribution in [0.3, 0.4) is 0 Å². The largest absolute Gasteiger partial charge is 0.497 e. The lowest BCUT2D eigenvalue weighted by atomic mass is 9.53. The molecule has 12 heteroatoms. The van der Waals surface area contributed by atoms with E-state index in [9.17, 15) is 22.8 Å². The van der Waals surface area contributed by atoms with E-state index < -0.39 is 26.6 Å². The molecule has 1 N–H and O–H groups in total. The Morgan fingerprint density at radius 3 is 2.06 bits per heavy atom. The molecule has 3 aliphatic carbocycles. The number of nitrogens with zero attached hydrogens (tertiary/aromatic N) is 3. The fourth-order valence-corrected chi connectivity index (χ4v) is 10.6. The molecule has 0 spiro atoms. The Hall–Kier alpha value is -4.06. The third-order valence-corrected chi connectivity index (χ3v) is 15.0. The first kappa shape index (κ1) is 35.0. The van der Waals surface area contributed by atoms with Gasteiger partial charge >= 0.3 is 6.09 Å². The predicted octanol–water partition coefficient (Wildman–Crippen LogP) is 6.30. The second kappa shape index (κ2) is 12.5. The van der Waals surface area contributed by atoms with Gasteiger partial charge in [-0.1, -0.05) is 25.3 Å². The monoisotopic (exact) mass is 730 g/mol. The van der Waals surface area contributed by atoms with Crippen LogP contribution in [0.5, 0.6) is 5.75 Å². The van der Waals surface area contributed by atoms with Crippen LogP contribution < -0.4 is 9.46 Å². The zero-order chi connectivity index (χ0) is 36.6. The summed E-state index contributed by atoms with van der Waals surface area (Å²) in [5.41, 5.74) is 3.67. The summed E-state index contributed by atoms with van der Waals surface area (Å²) in [5.74, 6) is 0.574. The smallest absolute Gasteiger partial charge is 0.409 e. The van der Waals surface area contributed by atoms with Crippen molar-refractivity contribution in [2.24, 2.45) is 16.2 Å². The van der Waals surface area contributed by atoms with Gasteiger partial charge in [-0.2, -0.15) is 0 Å². The summed E-state index contributed by atoms with van der Waals surface area (Å²) < 4.78 is 40.5. The average Bonchev–Trinajstić information content (AvgIpc) is 3.75. The van der Waals surface area contributed by atoms with Crippen molar-refractivity contribution in [1.29, 1.82) is 0 Å². The van der Waals surface area contributed by atoms with Gasteiger partial charge in [-0.3, -0.25) is 9.59 Å². The molecule has 278 valence electrons. The standard InChI is InChI=1S/C40H50N4O7S/c1-26(2)52(48,49)41-35(45)29-12-15-31-32(20-29)44(34(28-10-13-30(50-3)14-11-28)33(31)27-8-6-5-7-9-27)21-38(16-17-38)36(46)42-22-39-18-19-40(39,23-42)25-43(24-39)37(47)51-4/h10-15,20,26-27H,5-9,16-19,21-25H2,1-4H3,(H,41,45). The summed E-state index contributed by atoms with van der Waals surface area (Å²) in [6.07, 6.45) is 8.85. The van der Waals surface area contributed by atoms with Gasteiger partial charge in [0.2, 0.25) is 15.9 Å². The van der Waals surface area contributed by atoms with Gasteiger partial charge in [-0.25, -0.2) is 17.9 Å². The van der Waals surface area contributed by atoms with Crippen LogP contribution in [-0.2, 0) is 26.1 Å². The summed E-state index contributed by atoms with van der Waals surface area (Å²) in [6, 6.07) is 13.6. The number of ether oxygens (including phenoxy) is 2. The highest BCUT2D eigenvalue weighted by Gasteiger charge is 2.71. The Bertz CT molecular complexity index is 2020. The SMILES string of the molecule is COC(=O)N1CC23CCC2(C1)CN(C(=O)C1(Cn2c(-c4ccc(OC)cc4)c(C4CCCCC4)c4ccc(C(=O)NS(=O)(=O)C(C)C)cc42)CC1)C3. The second-order valence-electron chi connectivity index (χ2n) is 16.5. The Balaban J connectivity index is 1.21. The number of sulfonamides is 1. The van der Waals surface area contributed by atoms with Gasteiger partial charge in [-0.15, -0.1) is 0 Å². The molecule has 0 bridgehead atoms. The van der Waals surface area contributed by atoms with Crippen molar-refractivity contribution in [3.05, 3.63) is 53.6 Å². The number of benzene rings is 2. The van der Waals surface area contributed by atoms with Crippen LogP contribution in [0, 0.1) is 16.2 Å². The number of methoxy groups -OCH3 is 2. The van der Waals surface area contributed by atoms with E-state index in [-0.39, 0.29) is 28.4 Å². The molecule has 52 heavy (non-hydrogen) atoms. The summed E-state index contributed by atoms with van der Waals surface area (Å²) in [7, 11) is -0.760. The third kappa shape index (κ3) is 5.50. The van der Waals surface area contributed by atoms with E-state index >= 15 is 0 Å². The maximum Gasteiger partial charge on any atom is 0.409 e. The van der Waals surface area contributed by atoms with Crippen molar-refractivity contribution in [3.8, 4) is 17.0 Å². The first-order valence-electron chi connectivity index (χ1n) is 18.8. The molecular weight excluding hydrogens is 681 g/mol. The lowest BCUT2D eigenvalue weighted by molar-refractivity contribution is -0.137. The maximum atomic E-state index is 14.8. The van der Waals surface area contributed by atoms with E-state index in [0.29, 0.717) is 38.6 Å². The number of hydrogen-bond donors (Lipinski definition) is 1. The summed E-state index contributed by atoms with van der Waals surface area (Å²) in [4.78, 5) is 44.6. The van der Waals surface area contributed by atoms with Gasteiger partial charge in [0.15, 0.2) is 0 Å². The lowest BCUT2D eigenvalue weighted by Gasteiger charge is -2.48. The van der Waals surface area contributed by atoms with E-state index in [1.165, 1.54) is 19.1 Å². The number of hydrogen-bond acceptors (Lipinski definition) is 7. The van der Waals surface area contributed by atoms with Crippen molar-refractivity contribution in [3.63, 3.8) is 0 Å². The summed E-state index contributed by atoms with van der Waals surface area (Å²) in [6.45, 7) is 6.10. The number of nitrogens with one attached hydrogen (secondary N) is 1. The predicted molar refractivity (Wildman–Crippen MR) is 198 cm³/mol. The van der Waals surface area contributed by atoms with E-state index in [0.717, 1.165) is 79.3 Å². The molecule has 3 saturated carbocycles. The van der Waals surface area contributed by atoms with Crippen molar-refractivity contribution in [1.82, 2.24) is 19.1 Å². The van der Waals surface area contributed by atoms with E-state index in [1.807, 2.05) is 29.2 Å². The lowest BCUT2D eigenvalue weighted by Crippen LogP contribution is -2.49. The molecule has 8 rings (SSSR count). The molecule has 11 nitrogen and oxygen atoms in total. The molecule has 3 aromatic rings.